The number of carbonyl (C=O) groups is 2. The lowest BCUT2D eigenvalue weighted by Gasteiger charge is -2.28. The number of carbonyl (C=O) groups excluding carboxylic acids is 2. The molecular weight excluding hydrogens is 423 g/mol. The number of piperidine rings is 1. The number of likely N-dealkylation sites (tertiary alicyclic amines) is 1. The van der Waals surface area contributed by atoms with Crippen LogP contribution in [0.4, 0.5) is 4.39 Å². The molecule has 0 saturated carbocycles. The molecule has 1 fully saturated rings. The van der Waals surface area contributed by atoms with E-state index in [1.54, 1.807) is 31.2 Å². The molecular formula is C25H29FN4O3. The maximum absolute atomic E-state index is 13.3. The first-order chi connectivity index (χ1) is 15.9. The minimum Gasteiger partial charge on any atom is -0.339 e. The van der Waals surface area contributed by atoms with Crippen molar-refractivity contribution in [3.63, 3.8) is 0 Å². The van der Waals surface area contributed by atoms with Crippen LogP contribution in [0.1, 0.15) is 46.8 Å². The second kappa shape index (κ2) is 11.6. The van der Waals surface area contributed by atoms with Crippen molar-refractivity contribution in [2.45, 2.75) is 44.6 Å². The molecule has 0 bridgehead atoms. The molecule has 1 aliphatic rings. The molecule has 0 aliphatic carbocycles. The Morgan fingerprint density at radius 2 is 1.64 bits per heavy atom. The van der Waals surface area contributed by atoms with E-state index in [1.165, 1.54) is 11.0 Å². The summed E-state index contributed by atoms with van der Waals surface area (Å²) >= 11 is 0. The maximum atomic E-state index is 13.3. The SMILES string of the molecule is C[C@@H](N)[C@H](NC(=O)c1ccc(C#Cc2ccc(CN3CCC(F)CC3)cc2)cc1)C(=O)NO. The number of nitrogens with two attached hydrogens (primary N) is 1. The lowest BCUT2D eigenvalue weighted by Crippen LogP contribution is -2.54. The maximum Gasteiger partial charge on any atom is 0.267 e. The fraction of sp³-hybridized carbons (Fsp3) is 0.360. The zero-order valence-electron chi connectivity index (χ0n) is 18.6. The van der Waals surface area contributed by atoms with Crippen LogP contribution in [0.5, 0.6) is 0 Å². The third-order valence-electron chi connectivity index (χ3n) is 5.58. The average molecular weight is 453 g/mol. The van der Waals surface area contributed by atoms with Crippen LogP contribution >= 0.6 is 0 Å². The Balaban J connectivity index is 1.57. The van der Waals surface area contributed by atoms with E-state index in [1.807, 2.05) is 24.3 Å². The first-order valence-corrected chi connectivity index (χ1v) is 10.9. The minimum atomic E-state index is -1.06. The number of hydrogen-bond acceptors (Lipinski definition) is 5. The van der Waals surface area contributed by atoms with Gasteiger partial charge in [0.2, 0.25) is 0 Å². The van der Waals surface area contributed by atoms with E-state index in [0.717, 1.165) is 30.8 Å². The number of nitrogens with zero attached hydrogens (tertiary/aromatic N) is 1. The Labute approximate surface area is 193 Å². The lowest BCUT2D eigenvalue weighted by atomic mass is 10.1. The number of alkyl halides is 1. The first kappa shape index (κ1) is 24.4. The molecule has 174 valence electrons. The van der Waals surface area contributed by atoms with Gasteiger partial charge in [0.05, 0.1) is 0 Å². The minimum absolute atomic E-state index is 0.345. The molecule has 2 aromatic rings. The van der Waals surface area contributed by atoms with Gasteiger partial charge in [-0.3, -0.25) is 19.7 Å². The smallest absolute Gasteiger partial charge is 0.267 e. The molecule has 1 saturated heterocycles. The Hall–Kier alpha value is -3.25. The van der Waals surface area contributed by atoms with Crippen molar-refractivity contribution in [2.75, 3.05) is 13.1 Å². The van der Waals surface area contributed by atoms with Crippen molar-refractivity contribution in [3.8, 4) is 11.8 Å². The van der Waals surface area contributed by atoms with Crippen LogP contribution in [0.2, 0.25) is 0 Å². The summed E-state index contributed by atoms with van der Waals surface area (Å²) in [7, 11) is 0. The average Bonchev–Trinajstić information content (AvgIpc) is 2.83. The van der Waals surface area contributed by atoms with Crippen LogP contribution in [0.25, 0.3) is 0 Å². The number of hydrogen-bond donors (Lipinski definition) is 4. The summed E-state index contributed by atoms with van der Waals surface area (Å²) in [5.41, 5.74) is 10.3. The Morgan fingerprint density at radius 3 is 2.15 bits per heavy atom. The van der Waals surface area contributed by atoms with E-state index < -0.39 is 30.1 Å². The van der Waals surface area contributed by atoms with Crippen LogP contribution in [-0.2, 0) is 11.3 Å². The van der Waals surface area contributed by atoms with E-state index in [9.17, 15) is 14.0 Å². The van der Waals surface area contributed by atoms with Crippen molar-refractivity contribution in [2.24, 2.45) is 5.73 Å². The predicted octanol–water partition coefficient (Wildman–Crippen LogP) is 1.97. The third-order valence-corrected chi connectivity index (χ3v) is 5.58. The van der Waals surface area contributed by atoms with Crippen molar-refractivity contribution >= 4 is 11.8 Å². The Kier molecular flexibility index (Phi) is 8.55. The summed E-state index contributed by atoms with van der Waals surface area (Å²) < 4.78 is 13.3. The summed E-state index contributed by atoms with van der Waals surface area (Å²) in [6.07, 6.45) is 0.547. The second-order valence-corrected chi connectivity index (χ2v) is 8.26. The van der Waals surface area contributed by atoms with Gasteiger partial charge in [-0.05, 0) is 61.7 Å². The van der Waals surface area contributed by atoms with E-state index in [4.69, 9.17) is 10.9 Å². The van der Waals surface area contributed by atoms with Gasteiger partial charge >= 0.3 is 0 Å². The highest BCUT2D eigenvalue weighted by Gasteiger charge is 2.24. The van der Waals surface area contributed by atoms with Crippen molar-refractivity contribution in [1.82, 2.24) is 15.7 Å². The normalized spacial score (nSPS) is 16.2. The highest BCUT2D eigenvalue weighted by atomic mass is 19.1. The van der Waals surface area contributed by atoms with Gasteiger partial charge in [-0.25, -0.2) is 9.87 Å². The summed E-state index contributed by atoms with van der Waals surface area (Å²) in [5, 5.41) is 11.3. The fourth-order valence-electron chi connectivity index (χ4n) is 3.59. The van der Waals surface area contributed by atoms with Crippen molar-refractivity contribution in [3.05, 3.63) is 70.8 Å². The van der Waals surface area contributed by atoms with Gasteiger partial charge in [0.25, 0.3) is 11.8 Å². The zero-order valence-corrected chi connectivity index (χ0v) is 18.6. The first-order valence-electron chi connectivity index (χ1n) is 10.9. The van der Waals surface area contributed by atoms with E-state index in [-0.39, 0.29) is 0 Å². The van der Waals surface area contributed by atoms with Gasteiger partial charge in [-0.15, -0.1) is 0 Å². The molecule has 5 N–H and O–H groups in total. The molecule has 0 aromatic heterocycles. The van der Waals surface area contributed by atoms with Gasteiger partial charge in [-0.2, -0.15) is 0 Å². The second-order valence-electron chi connectivity index (χ2n) is 8.26. The molecule has 33 heavy (non-hydrogen) atoms. The Morgan fingerprint density at radius 1 is 1.09 bits per heavy atom. The molecule has 0 unspecified atom stereocenters. The highest BCUT2D eigenvalue weighted by Crippen LogP contribution is 2.16. The molecule has 0 radical (unpaired) electrons. The number of rotatable bonds is 6. The van der Waals surface area contributed by atoms with Crippen molar-refractivity contribution < 1.29 is 19.2 Å². The summed E-state index contributed by atoms with van der Waals surface area (Å²) in [6.45, 7) is 3.95. The van der Waals surface area contributed by atoms with Crippen LogP contribution in [0, 0.1) is 11.8 Å². The highest BCUT2D eigenvalue weighted by molar-refractivity contribution is 5.97. The zero-order chi connectivity index (χ0) is 23.8. The van der Waals surface area contributed by atoms with Gasteiger partial charge in [-0.1, -0.05) is 24.0 Å². The fourth-order valence-corrected chi connectivity index (χ4v) is 3.59. The van der Waals surface area contributed by atoms with E-state index in [0.29, 0.717) is 18.4 Å². The van der Waals surface area contributed by atoms with Crippen molar-refractivity contribution in [1.29, 1.82) is 0 Å². The summed E-state index contributed by atoms with van der Waals surface area (Å²) in [5.74, 6) is 4.91. The number of benzene rings is 2. The quantitative estimate of drug-likeness (QED) is 0.305. The molecule has 7 nitrogen and oxygen atoms in total. The number of hydroxylamine groups is 1. The molecule has 2 atom stereocenters. The molecule has 0 spiro atoms. The number of amides is 2. The van der Waals surface area contributed by atoms with Crippen LogP contribution in [0.3, 0.4) is 0 Å². The molecule has 2 amide bonds. The summed E-state index contributed by atoms with van der Waals surface area (Å²) in [6, 6.07) is 12.9. The standard InChI is InChI=1S/C25H29FN4O3/c1-17(27)23(25(32)29-33)28-24(31)21-10-8-19(9-11-21)3-2-18-4-6-20(7-5-18)16-30-14-12-22(26)13-15-30/h4-11,17,22-23,33H,12-16,27H2,1H3,(H,28,31)(H,29,32)/t17-,23+/m1/s1. The molecule has 2 aromatic carbocycles. The van der Waals surface area contributed by atoms with Gasteiger partial charge in [0.1, 0.15) is 12.2 Å². The number of nitrogens with one attached hydrogen (secondary N) is 2. The predicted molar refractivity (Wildman–Crippen MR) is 123 cm³/mol. The Bertz CT molecular complexity index is 1000. The van der Waals surface area contributed by atoms with Gasteiger partial charge in [0, 0.05) is 42.4 Å². The third kappa shape index (κ3) is 7.12. The van der Waals surface area contributed by atoms with Crippen LogP contribution in [-0.4, -0.2) is 53.3 Å². The van der Waals surface area contributed by atoms with Crippen LogP contribution in [0.15, 0.2) is 48.5 Å². The monoisotopic (exact) mass is 452 g/mol. The number of halogens is 1. The van der Waals surface area contributed by atoms with Gasteiger partial charge < -0.3 is 11.1 Å². The van der Waals surface area contributed by atoms with Gasteiger partial charge in [0.15, 0.2) is 0 Å². The molecule has 8 heteroatoms. The summed E-state index contributed by atoms with van der Waals surface area (Å²) in [4.78, 5) is 26.3. The lowest BCUT2D eigenvalue weighted by molar-refractivity contribution is -0.131. The molecule has 1 aliphatic heterocycles. The molecule has 3 rings (SSSR count). The van der Waals surface area contributed by atoms with E-state index >= 15 is 0 Å². The van der Waals surface area contributed by atoms with Crippen LogP contribution < -0.4 is 16.5 Å². The van der Waals surface area contributed by atoms with E-state index in [2.05, 4.69) is 22.1 Å². The largest absolute Gasteiger partial charge is 0.339 e. The topological polar surface area (TPSA) is 108 Å². The molecule has 1 heterocycles.